The van der Waals surface area contributed by atoms with E-state index < -0.39 is 0 Å². The molecule has 0 spiro atoms. The van der Waals surface area contributed by atoms with E-state index in [1.54, 1.807) is 0 Å². The van der Waals surface area contributed by atoms with Crippen molar-refractivity contribution in [3.05, 3.63) is 33.8 Å². The van der Waals surface area contributed by atoms with Gasteiger partial charge in [0.15, 0.2) is 0 Å². The van der Waals surface area contributed by atoms with Gasteiger partial charge in [0.1, 0.15) is 0 Å². The summed E-state index contributed by atoms with van der Waals surface area (Å²) in [5.41, 5.74) is 8.28. The van der Waals surface area contributed by atoms with Gasteiger partial charge in [0.2, 0.25) is 0 Å². The third kappa shape index (κ3) is 1.40. The Kier molecular flexibility index (Phi) is 2.17. The highest BCUT2D eigenvalue weighted by Gasteiger charge is 2.16. The fraction of sp³-hybridized carbons (Fsp3) is 0.333. The molecule has 2 rings (SSSR count). The van der Waals surface area contributed by atoms with E-state index in [1.165, 1.54) is 11.1 Å². The van der Waals surface area contributed by atoms with Crippen LogP contribution in [0.25, 0.3) is 0 Å². The predicted octanol–water partition coefficient (Wildman–Crippen LogP) is 1.98. The maximum absolute atomic E-state index is 5.87. The maximum atomic E-state index is 5.87. The van der Waals surface area contributed by atoms with Gasteiger partial charge in [-0.1, -0.05) is 22.0 Å². The van der Waals surface area contributed by atoms with Gasteiger partial charge in [0.05, 0.1) is 19.3 Å². The van der Waals surface area contributed by atoms with Crippen LogP contribution in [0, 0.1) is 0 Å². The molecule has 1 heterocycles. The Labute approximate surface area is 79.8 Å². The standard InChI is InChI=1S/C9H10BrNO/c10-7-2-1-6-4-12-5-9(11)8(6)3-7/h1-3,9H,4-5,11H2/t9-/m0/s1. The molecule has 1 atom stereocenters. The van der Waals surface area contributed by atoms with Crippen molar-refractivity contribution in [1.29, 1.82) is 0 Å². The average molecular weight is 228 g/mol. The second kappa shape index (κ2) is 3.17. The van der Waals surface area contributed by atoms with Crippen molar-refractivity contribution in [3.8, 4) is 0 Å². The zero-order valence-electron chi connectivity index (χ0n) is 6.59. The first-order valence-electron chi connectivity index (χ1n) is 3.89. The quantitative estimate of drug-likeness (QED) is 0.736. The average Bonchev–Trinajstić information content (AvgIpc) is 2.07. The van der Waals surface area contributed by atoms with Gasteiger partial charge in [0, 0.05) is 4.47 Å². The van der Waals surface area contributed by atoms with Crippen LogP contribution in [0.1, 0.15) is 17.2 Å². The highest BCUT2D eigenvalue weighted by atomic mass is 79.9. The largest absolute Gasteiger partial charge is 0.375 e. The number of ether oxygens (including phenoxy) is 1. The lowest BCUT2D eigenvalue weighted by Gasteiger charge is -2.22. The highest BCUT2D eigenvalue weighted by Crippen LogP contribution is 2.25. The van der Waals surface area contributed by atoms with Gasteiger partial charge in [-0.3, -0.25) is 0 Å². The second-order valence-electron chi connectivity index (χ2n) is 2.96. The Morgan fingerprint density at radius 3 is 3.17 bits per heavy atom. The molecule has 0 fully saturated rings. The summed E-state index contributed by atoms with van der Waals surface area (Å²) >= 11 is 3.42. The van der Waals surface area contributed by atoms with Gasteiger partial charge < -0.3 is 10.5 Å². The minimum absolute atomic E-state index is 0.0336. The molecular weight excluding hydrogens is 218 g/mol. The van der Waals surface area contributed by atoms with Gasteiger partial charge in [-0.05, 0) is 23.3 Å². The summed E-state index contributed by atoms with van der Waals surface area (Å²) in [6.07, 6.45) is 0. The third-order valence-electron chi connectivity index (χ3n) is 2.06. The van der Waals surface area contributed by atoms with Crippen LogP contribution in [0.3, 0.4) is 0 Å². The third-order valence-corrected chi connectivity index (χ3v) is 2.56. The molecular formula is C9H10BrNO. The Morgan fingerprint density at radius 1 is 1.50 bits per heavy atom. The first-order chi connectivity index (χ1) is 5.77. The molecule has 1 aromatic rings. The fourth-order valence-electron chi connectivity index (χ4n) is 1.43. The zero-order chi connectivity index (χ0) is 8.55. The molecule has 0 aromatic heterocycles. The summed E-state index contributed by atoms with van der Waals surface area (Å²) in [7, 11) is 0. The number of nitrogens with two attached hydrogens (primary N) is 1. The van der Waals surface area contributed by atoms with Crippen LogP contribution >= 0.6 is 15.9 Å². The van der Waals surface area contributed by atoms with Crippen LogP contribution in [0.5, 0.6) is 0 Å². The molecule has 1 aliphatic heterocycles. The van der Waals surface area contributed by atoms with Crippen LogP contribution in [-0.4, -0.2) is 6.61 Å². The van der Waals surface area contributed by atoms with Crippen LogP contribution < -0.4 is 5.73 Å². The molecule has 1 aromatic carbocycles. The number of hydrogen-bond acceptors (Lipinski definition) is 2. The first-order valence-corrected chi connectivity index (χ1v) is 4.68. The molecule has 64 valence electrons. The van der Waals surface area contributed by atoms with Gasteiger partial charge in [0.25, 0.3) is 0 Å². The Hall–Kier alpha value is -0.380. The smallest absolute Gasteiger partial charge is 0.0721 e. The van der Waals surface area contributed by atoms with Crippen molar-refractivity contribution in [2.45, 2.75) is 12.6 Å². The number of rotatable bonds is 0. The van der Waals surface area contributed by atoms with E-state index in [9.17, 15) is 0 Å². The maximum Gasteiger partial charge on any atom is 0.0721 e. The number of halogens is 1. The minimum atomic E-state index is 0.0336. The molecule has 3 heteroatoms. The summed E-state index contributed by atoms with van der Waals surface area (Å²) in [6.45, 7) is 1.32. The number of benzene rings is 1. The topological polar surface area (TPSA) is 35.2 Å². The van der Waals surface area contributed by atoms with E-state index in [-0.39, 0.29) is 6.04 Å². The molecule has 0 aliphatic carbocycles. The lowest BCUT2D eigenvalue weighted by atomic mass is 10.0. The molecule has 0 bridgehead atoms. The van der Waals surface area contributed by atoms with Crippen LogP contribution in [0.4, 0.5) is 0 Å². The van der Waals surface area contributed by atoms with Crippen molar-refractivity contribution >= 4 is 15.9 Å². The molecule has 0 radical (unpaired) electrons. The van der Waals surface area contributed by atoms with E-state index in [1.807, 2.05) is 6.07 Å². The Morgan fingerprint density at radius 2 is 2.33 bits per heavy atom. The Bertz CT molecular complexity index is 301. The van der Waals surface area contributed by atoms with E-state index in [2.05, 4.69) is 28.1 Å². The molecule has 0 saturated heterocycles. The van der Waals surface area contributed by atoms with Crippen LogP contribution in [-0.2, 0) is 11.3 Å². The number of hydrogen-bond donors (Lipinski definition) is 1. The molecule has 2 N–H and O–H groups in total. The fourth-order valence-corrected chi connectivity index (χ4v) is 1.81. The normalized spacial score (nSPS) is 22.0. The van der Waals surface area contributed by atoms with Crippen molar-refractivity contribution in [3.63, 3.8) is 0 Å². The van der Waals surface area contributed by atoms with Crippen molar-refractivity contribution < 1.29 is 4.74 Å². The lowest BCUT2D eigenvalue weighted by Crippen LogP contribution is -2.23. The second-order valence-corrected chi connectivity index (χ2v) is 3.88. The monoisotopic (exact) mass is 227 g/mol. The lowest BCUT2D eigenvalue weighted by molar-refractivity contribution is 0.0924. The predicted molar refractivity (Wildman–Crippen MR) is 50.7 cm³/mol. The Balaban J connectivity index is 2.47. The molecule has 0 unspecified atom stereocenters. The van der Waals surface area contributed by atoms with E-state index in [4.69, 9.17) is 10.5 Å². The van der Waals surface area contributed by atoms with Crippen molar-refractivity contribution in [2.24, 2.45) is 5.73 Å². The summed E-state index contributed by atoms with van der Waals surface area (Å²) < 4.78 is 6.39. The molecule has 0 amide bonds. The minimum Gasteiger partial charge on any atom is -0.375 e. The SMILES string of the molecule is N[C@H]1COCc2ccc(Br)cc21. The highest BCUT2D eigenvalue weighted by molar-refractivity contribution is 9.10. The van der Waals surface area contributed by atoms with E-state index in [0.29, 0.717) is 13.2 Å². The van der Waals surface area contributed by atoms with Gasteiger partial charge in [-0.25, -0.2) is 0 Å². The summed E-state index contributed by atoms with van der Waals surface area (Å²) in [4.78, 5) is 0. The summed E-state index contributed by atoms with van der Waals surface area (Å²) in [5, 5.41) is 0. The van der Waals surface area contributed by atoms with E-state index >= 15 is 0 Å². The van der Waals surface area contributed by atoms with Crippen LogP contribution in [0.15, 0.2) is 22.7 Å². The van der Waals surface area contributed by atoms with Crippen molar-refractivity contribution in [2.75, 3.05) is 6.61 Å². The first kappa shape index (κ1) is 8.23. The molecule has 2 nitrogen and oxygen atoms in total. The van der Waals surface area contributed by atoms with Crippen molar-refractivity contribution in [1.82, 2.24) is 0 Å². The van der Waals surface area contributed by atoms with Crippen LogP contribution in [0.2, 0.25) is 0 Å². The summed E-state index contributed by atoms with van der Waals surface area (Å²) in [5.74, 6) is 0. The number of fused-ring (bicyclic) bond motifs is 1. The zero-order valence-corrected chi connectivity index (χ0v) is 8.17. The summed E-state index contributed by atoms with van der Waals surface area (Å²) in [6, 6.07) is 6.17. The van der Waals surface area contributed by atoms with Gasteiger partial charge in [-0.2, -0.15) is 0 Å². The van der Waals surface area contributed by atoms with Gasteiger partial charge >= 0.3 is 0 Å². The van der Waals surface area contributed by atoms with E-state index in [0.717, 1.165) is 4.47 Å². The molecule has 12 heavy (non-hydrogen) atoms. The molecule has 0 saturated carbocycles. The van der Waals surface area contributed by atoms with Gasteiger partial charge in [-0.15, -0.1) is 0 Å². The molecule has 1 aliphatic rings.